The summed E-state index contributed by atoms with van der Waals surface area (Å²) >= 11 is 1.67. The zero-order chi connectivity index (χ0) is 11.8. The molecule has 0 atom stereocenters. The first kappa shape index (κ1) is 11.6. The summed E-state index contributed by atoms with van der Waals surface area (Å²) in [4.78, 5) is 5.62. The largest absolute Gasteiger partial charge is 0.319 e. The van der Waals surface area contributed by atoms with E-state index in [1.807, 2.05) is 6.92 Å². The minimum Gasteiger partial charge on any atom is -0.319 e. The Balaban J connectivity index is 2.26. The van der Waals surface area contributed by atoms with E-state index >= 15 is 0 Å². The zero-order valence-corrected chi connectivity index (χ0v) is 10.7. The number of thiazole rings is 1. The van der Waals surface area contributed by atoms with Crippen molar-refractivity contribution in [3.8, 4) is 12.3 Å². The number of rotatable bonds is 1. The Morgan fingerprint density at radius 1 is 1.50 bits per heavy atom. The molecule has 0 aliphatic heterocycles. The van der Waals surface area contributed by atoms with E-state index in [1.165, 1.54) is 12.8 Å². The van der Waals surface area contributed by atoms with Crippen LogP contribution in [0.25, 0.3) is 0 Å². The topological polar surface area (TPSA) is 38.9 Å². The van der Waals surface area contributed by atoms with E-state index < -0.39 is 0 Å². The van der Waals surface area contributed by atoms with Gasteiger partial charge in [0.2, 0.25) is 0 Å². The molecule has 2 N–H and O–H groups in total. The number of nitrogens with two attached hydrogens (primary N) is 1. The molecule has 1 saturated carbocycles. The number of nitrogens with zero attached hydrogens (tertiary/aromatic N) is 1. The van der Waals surface area contributed by atoms with Crippen molar-refractivity contribution in [3.63, 3.8) is 0 Å². The number of terminal acetylenes is 1. The van der Waals surface area contributed by atoms with Gasteiger partial charge in [0.15, 0.2) is 0 Å². The summed E-state index contributed by atoms with van der Waals surface area (Å²) in [6.45, 7) is 4.31. The average molecular weight is 234 g/mol. The first-order chi connectivity index (χ1) is 7.55. The van der Waals surface area contributed by atoms with Gasteiger partial charge in [-0.05, 0) is 44.4 Å². The van der Waals surface area contributed by atoms with Gasteiger partial charge in [0.1, 0.15) is 10.7 Å². The van der Waals surface area contributed by atoms with Crippen molar-refractivity contribution in [2.24, 2.45) is 11.7 Å². The molecule has 2 rings (SSSR count). The van der Waals surface area contributed by atoms with Gasteiger partial charge >= 0.3 is 0 Å². The molecule has 1 aromatic heterocycles. The van der Waals surface area contributed by atoms with Gasteiger partial charge in [0, 0.05) is 4.88 Å². The van der Waals surface area contributed by atoms with Gasteiger partial charge < -0.3 is 5.73 Å². The van der Waals surface area contributed by atoms with Crippen LogP contribution in [0.1, 0.15) is 48.2 Å². The van der Waals surface area contributed by atoms with Crippen LogP contribution in [0, 0.1) is 25.2 Å². The third kappa shape index (κ3) is 2.00. The second kappa shape index (κ2) is 4.20. The molecule has 16 heavy (non-hydrogen) atoms. The van der Waals surface area contributed by atoms with Crippen molar-refractivity contribution >= 4 is 11.3 Å². The molecule has 2 nitrogen and oxygen atoms in total. The summed E-state index contributed by atoms with van der Waals surface area (Å²) < 4.78 is 0. The monoisotopic (exact) mass is 234 g/mol. The molecule has 86 valence electrons. The third-order valence-corrected chi connectivity index (χ3v) is 4.72. The van der Waals surface area contributed by atoms with Crippen molar-refractivity contribution in [1.82, 2.24) is 4.98 Å². The van der Waals surface area contributed by atoms with Gasteiger partial charge in [-0.25, -0.2) is 4.98 Å². The molecule has 0 saturated heterocycles. The number of aromatic nitrogens is 1. The molecule has 0 aromatic carbocycles. The molecule has 3 heteroatoms. The van der Waals surface area contributed by atoms with E-state index in [2.05, 4.69) is 17.8 Å². The van der Waals surface area contributed by atoms with Gasteiger partial charge in [-0.1, -0.05) is 6.92 Å². The fraction of sp³-hybridized carbons (Fsp3) is 0.615. The Labute approximate surface area is 101 Å². The van der Waals surface area contributed by atoms with E-state index in [0.29, 0.717) is 0 Å². The first-order valence-electron chi connectivity index (χ1n) is 5.78. The minimum absolute atomic E-state index is 0.225. The predicted octanol–water partition coefficient (Wildman–Crippen LogP) is 2.80. The van der Waals surface area contributed by atoms with Crippen LogP contribution in [-0.4, -0.2) is 4.98 Å². The summed E-state index contributed by atoms with van der Waals surface area (Å²) in [7, 11) is 0. The Bertz CT molecular complexity index is 420. The quantitative estimate of drug-likeness (QED) is 0.759. The van der Waals surface area contributed by atoms with E-state index in [4.69, 9.17) is 12.2 Å². The maximum Gasteiger partial charge on any atom is 0.127 e. The fourth-order valence-electron chi connectivity index (χ4n) is 2.23. The van der Waals surface area contributed by atoms with Gasteiger partial charge in [-0.3, -0.25) is 0 Å². The van der Waals surface area contributed by atoms with Crippen LogP contribution in [0.3, 0.4) is 0 Å². The molecule has 0 bridgehead atoms. The summed E-state index contributed by atoms with van der Waals surface area (Å²) in [5, 5.41) is 1.03. The van der Waals surface area contributed by atoms with Gasteiger partial charge in [-0.15, -0.1) is 17.8 Å². The van der Waals surface area contributed by atoms with Crippen LogP contribution in [0.5, 0.6) is 0 Å². The van der Waals surface area contributed by atoms with E-state index in [0.717, 1.165) is 34.3 Å². The van der Waals surface area contributed by atoms with Crippen LogP contribution in [0.4, 0.5) is 0 Å². The lowest BCUT2D eigenvalue weighted by Gasteiger charge is -2.34. The summed E-state index contributed by atoms with van der Waals surface area (Å²) in [5.74, 6) is 3.42. The van der Waals surface area contributed by atoms with Crippen molar-refractivity contribution in [3.05, 3.63) is 15.6 Å². The molecule has 0 unspecified atom stereocenters. The molecular formula is C13H18N2S. The Morgan fingerprint density at radius 2 is 2.12 bits per heavy atom. The molecule has 1 heterocycles. The fourth-order valence-corrected chi connectivity index (χ4v) is 3.27. The normalized spacial score (nSPS) is 30.0. The van der Waals surface area contributed by atoms with E-state index in [1.54, 1.807) is 11.3 Å². The molecule has 0 spiro atoms. The molecule has 1 aliphatic rings. The maximum absolute atomic E-state index is 6.46. The maximum atomic E-state index is 6.46. The highest BCUT2D eigenvalue weighted by Gasteiger charge is 2.34. The van der Waals surface area contributed by atoms with Crippen LogP contribution in [0.15, 0.2) is 0 Å². The second-order valence-corrected chi connectivity index (χ2v) is 6.11. The summed E-state index contributed by atoms with van der Waals surface area (Å²) in [6.07, 6.45) is 9.87. The summed E-state index contributed by atoms with van der Waals surface area (Å²) in [5.41, 5.74) is 7.00. The smallest absolute Gasteiger partial charge is 0.127 e. The molecule has 0 amide bonds. The third-order valence-electron chi connectivity index (χ3n) is 3.53. The number of hydrogen-bond acceptors (Lipinski definition) is 3. The molecule has 0 radical (unpaired) electrons. The zero-order valence-electron chi connectivity index (χ0n) is 9.92. The van der Waals surface area contributed by atoms with Gasteiger partial charge in [-0.2, -0.15) is 0 Å². The van der Waals surface area contributed by atoms with Crippen LogP contribution >= 0.6 is 11.3 Å². The average Bonchev–Trinajstić information content (AvgIpc) is 2.65. The van der Waals surface area contributed by atoms with Crippen molar-refractivity contribution in [2.75, 3.05) is 0 Å². The molecule has 1 aliphatic carbocycles. The highest BCUT2D eigenvalue weighted by atomic mass is 32.1. The number of aryl methyl sites for hydroxylation is 1. The van der Waals surface area contributed by atoms with Crippen molar-refractivity contribution in [2.45, 2.75) is 45.1 Å². The summed E-state index contributed by atoms with van der Waals surface area (Å²) in [6, 6.07) is 0. The Morgan fingerprint density at radius 3 is 2.62 bits per heavy atom. The standard InChI is InChI=1S/C13H18N2S/c1-4-11-10(3)16-12(15-11)13(14)7-5-9(2)6-8-13/h1,9H,5-8,14H2,2-3H3. The molecule has 1 aromatic rings. The van der Waals surface area contributed by atoms with E-state index in [9.17, 15) is 0 Å². The lowest BCUT2D eigenvalue weighted by Crippen LogP contribution is -2.40. The SMILES string of the molecule is C#Cc1nc(C2(N)CCC(C)CC2)sc1C. The minimum atomic E-state index is -0.225. The van der Waals surface area contributed by atoms with Crippen LogP contribution < -0.4 is 5.73 Å². The lowest BCUT2D eigenvalue weighted by atomic mass is 9.78. The highest BCUT2D eigenvalue weighted by Crippen LogP contribution is 2.39. The van der Waals surface area contributed by atoms with E-state index in [-0.39, 0.29) is 5.54 Å². The lowest BCUT2D eigenvalue weighted by molar-refractivity contribution is 0.247. The Kier molecular flexibility index (Phi) is 3.05. The van der Waals surface area contributed by atoms with Crippen LogP contribution in [-0.2, 0) is 5.54 Å². The van der Waals surface area contributed by atoms with Gasteiger partial charge in [0.05, 0.1) is 5.54 Å². The van der Waals surface area contributed by atoms with Crippen molar-refractivity contribution < 1.29 is 0 Å². The molecule has 1 fully saturated rings. The molecular weight excluding hydrogens is 216 g/mol. The second-order valence-electron chi connectivity index (χ2n) is 4.91. The highest BCUT2D eigenvalue weighted by molar-refractivity contribution is 7.11. The Hall–Kier alpha value is -0.850. The van der Waals surface area contributed by atoms with Crippen LogP contribution in [0.2, 0.25) is 0 Å². The number of hydrogen-bond donors (Lipinski definition) is 1. The first-order valence-corrected chi connectivity index (χ1v) is 6.60. The van der Waals surface area contributed by atoms with Gasteiger partial charge in [0.25, 0.3) is 0 Å². The van der Waals surface area contributed by atoms with Crippen molar-refractivity contribution in [1.29, 1.82) is 0 Å². The predicted molar refractivity (Wildman–Crippen MR) is 68.3 cm³/mol.